The number of nitrogens with one attached hydrogen (secondary N) is 2. The molecule has 7 heteroatoms. The van der Waals surface area contributed by atoms with Crippen molar-refractivity contribution in [2.24, 2.45) is 5.92 Å². The molecule has 0 radical (unpaired) electrons. The number of hydrogen-bond donors (Lipinski definition) is 2. The Morgan fingerprint density at radius 3 is 2.53 bits per heavy atom. The van der Waals surface area contributed by atoms with E-state index in [0.717, 1.165) is 31.4 Å². The van der Waals surface area contributed by atoms with Gasteiger partial charge in [0.15, 0.2) is 11.6 Å². The molecular weight excluding hydrogens is 390 g/mol. The summed E-state index contributed by atoms with van der Waals surface area (Å²) in [5, 5.41) is 5.90. The third kappa shape index (κ3) is 4.35. The molecule has 1 aromatic heterocycles. The number of benzene rings is 2. The van der Waals surface area contributed by atoms with E-state index in [0.29, 0.717) is 23.3 Å². The second-order valence-corrected chi connectivity index (χ2v) is 7.62. The van der Waals surface area contributed by atoms with Crippen molar-refractivity contribution in [2.45, 2.75) is 38.5 Å². The van der Waals surface area contributed by atoms with Gasteiger partial charge in [-0.05, 0) is 36.6 Å². The molecule has 1 heterocycles. The van der Waals surface area contributed by atoms with Gasteiger partial charge >= 0.3 is 0 Å². The Kier molecular flexibility index (Phi) is 5.79. The number of para-hydroxylation sites is 1. The fraction of sp³-hybridized carbons (Fsp3) is 0.304. The summed E-state index contributed by atoms with van der Waals surface area (Å²) < 4.78 is 32.3. The highest BCUT2D eigenvalue weighted by atomic mass is 19.2. The van der Waals surface area contributed by atoms with E-state index in [1.807, 2.05) is 0 Å². The van der Waals surface area contributed by atoms with Gasteiger partial charge in [-0.25, -0.2) is 8.78 Å². The maximum absolute atomic E-state index is 13.5. The highest BCUT2D eigenvalue weighted by Gasteiger charge is 2.23. The van der Waals surface area contributed by atoms with E-state index in [1.54, 1.807) is 24.3 Å². The standard InChI is InChI=1S/C23H22F2N2O3/c24-17-11-10-15(13-18(17)25)26-23(29)22-21(16-7-3-4-8-19(16)30-22)27-20(28)12-9-14-5-1-2-6-14/h3-4,7-8,10-11,13-14H,1-2,5-6,9,12H2,(H,26,29)(H,27,28). The molecule has 1 fully saturated rings. The van der Waals surface area contributed by atoms with Crippen LogP contribution >= 0.6 is 0 Å². The predicted octanol–water partition coefficient (Wildman–Crippen LogP) is 5.87. The van der Waals surface area contributed by atoms with Crippen LogP contribution in [0.5, 0.6) is 0 Å². The number of carbonyl (C=O) groups excluding carboxylic acids is 2. The normalized spacial score (nSPS) is 14.2. The van der Waals surface area contributed by atoms with Gasteiger partial charge in [-0.15, -0.1) is 0 Å². The first-order valence-corrected chi connectivity index (χ1v) is 10.1. The molecule has 0 saturated heterocycles. The lowest BCUT2D eigenvalue weighted by Gasteiger charge is -2.10. The number of hydrogen-bond acceptors (Lipinski definition) is 3. The second-order valence-electron chi connectivity index (χ2n) is 7.62. The highest BCUT2D eigenvalue weighted by Crippen LogP contribution is 2.33. The molecule has 156 valence electrons. The Hall–Kier alpha value is -3.22. The first-order chi connectivity index (χ1) is 14.5. The third-order valence-corrected chi connectivity index (χ3v) is 5.50. The summed E-state index contributed by atoms with van der Waals surface area (Å²) in [6, 6.07) is 10.0. The van der Waals surface area contributed by atoms with Crippen LogP contribution in [-0.2, 0) is 4.79 Å². The minimum absolute atomic E-state index is 0.0814. The number of rotatable bonds is 6. The van der Waals surface area contributed by atoms with E-state index in [9.17, 15) is 18.4 Å². The van der Waals surface area contributed by atoms with Gasteiger partial charge in [-0.2, -0.15) is 0 Å². The van der Waals surface area contributed by atoms with Gasteiger partial charge in [0.2, 0.25) is 11.7 Å². The minimum Gasteiger partial charge on any atom is -0.449 e. The Morgan fingerprint density at radius 2 is 1.77 bits per heavy atom. The molecule has 2 aromatic carbocycles. The van der Waals surface area contributed by atoms with Crippen molar-refractivity contribution in [1.29, 1.82) is 0 Å². The van der Waals surface area contributed by atoms with Gasteiger partial charge in [-0.3, -0.25) is 9.59 Å². The summed E-state index contributed by atoms with van der Waals surface area (Å²) in [6.45, 7) is 0. The number of carbonyl (C=O) groups is 2. The number of amides is 2. The Bertz CT molecular complexity index is 1090. The maximum Gasteiger partial charge on any atom is 0.293 e. The van der Waals surface area contributed by atoms with Crippen molar-refractivity contribution in [1.82, 2.24) is 0 Å². The third-order valence-electron chi connectivity index (χ3n) is 5.50. The van der Waals surface area contributed by atoms with Gasteiger partial charge in [0.25, 0.3) is 5.91 Å². The first-order valence-electron chi connectivity index (χ1n) is 10.1. The first kappa shape index (κ1) is 20.1. The van der Waals surface area contributed by atoms with E-state index < -0.39 is 17.5 Å². The fourth-order valence-electron chi connectivity index (χ4n) is 3.93. The Labute approximate surface area is 172 Å². The minimum atomic E-state index is -1.07. The van der Waals surface area contributed by atoms with Crippen LogP contribution < -0.4 is 10.6 Å². The number of anilines is 2. The molecule has 1 saturated carbocycles. The molecule has 0 bridgehead atoms. The van der Waals surface area contributed by atoms with Crippen LogP contribution in [0.3, 0.4) is 0 Å². The summed E-state index contributed by atoms with van der Waals surface area (Å²) in [6.07, 6.45) is 5.93. The molecule has 0 unspecified atom stereocenters. The molecule has 2 amide bonds. The average molecular weight is 412 g/mol. The number of halogens is 2. The van der Waals surface area contributed by atoms with Crippen LogP contribution in [0.2, 0.25) is 0 Å². The fourth-order valence-corrected chi connectivity index (χ4v) is 3.93. The lowest BCUT2D eigenvalue weighted by molar-refractivity contribution is -0.116. The zero-order chi connectivity index (χ0) is 21.1. The van der Waals surface area contributed by atoms with E-state index in [4.69, 9.17) is 4.42 Å². The lowest BCUT2D eigenvalue weighted by atomic mass is 10.0. The highest BCUT2D eigenvalue weighted by molar-refractivity contribution is 6.14. The summed E-state index contributed by atoms with van der Waals surface area (Å²) >= 11 is 0. The van der Waals surface area contributed by atoms with Gasteiger partial charge in [0.1, 0.15) is 11.3 Å². The molecular formula is C23H22F2N2O3. The van der Waals surface area contributed by atoms with Gasteiger partial charge in [-0.1, -0.05) is 37.8 Å². The van der Waals surface area contributed by atoms with Crippen molar-refractivity contribution < 1.29 is 22.8 Å². The molecule has 2 N–H and O–H groups in total. The quantitative estimate of drug-likeness (QED) is 0.532. The van der Waals surface area contributed by atoms with E-state index >= 15 is 0 Å². The van der Waals surface area contributed by atoms with Crippen LogP contribution in [0, 0.1) is 17.6 Å². The Morgan fingerprint density at radius 1 is 1.00 bits per heavy atom. The average Bonchev–Trinajstić information content (AvgIpc) is 3.38. The lowest BCUT2D eigenvalue weighted by Crippen LogP contribution is -2.17. The van der Waals surface area contributed by atoms with Gasteiger partial charge in [0, 0.05) is 23.6 Å². The summed E-state index contributed by atoms with van der Waals surface area (Å²) in [7, 11) is 0. The molecule has 0 atom stereocenters. The van der Waals surface area contributed by atoms with E-state index in [-0.39, 0.29) is 23.0 Å². The van der Waals surface area contributed by atoms with Crippen molar-refractivity contribution in [2.75, 3.05) is 10.6 Å². The molecule has 0 spiro atoms. The van der Waals surface area contributed by atoms with Crippen molar-refractivity contribution in [3.63, 3.8) is 0 Å². The zero-order valence-electron chi connectivity index (χ0n) is 16.3. The van der Waals surface area contributed by atoms with Crippen LogP contribution in [-0.4, -0.2) is 11.8 Å². The molecule has 3 aromatic rings. The van der Waals surface area contributed by atoms with E-state index in [2.05, 4.69) is 10.6 Å². The summed E-state index contributed by atoms with van der Waals surface area (Å²) in [5.41, 5.74) is 0.805. The maximum atomic E-state index is 13.5. The molecule has 1 aliphatic rings. The predicted molar refractivity (Wildman–Crippen MR) is 110 cm³/mol. The molecule has 5 nitrogen and oxygen atoms in total. The van der Waals surface area contributed by atoms with Crippen molar-refractivity contribution in [3.8, 4) is 0 Å². The van der Waals surface area contributed by atoms with Crippen LogP contribution in [0.4, 0.5) is 20.2 Å². The smallest absolute Gasteiger partial charge is 0.293 e. The molecule has 1 aliphatic carbocycles. The van der Waals surface area contributed by atoms with Gasteiger partial charge in [0.05, 0.1) is 0 Å². The Balaban J connectivity index is 1.55. The van der Waals surface area contributed by atoms with E-state index in [1.165, 1.54) is 18.9 Å². The van der Waals surface area contributed by atoms with Crippen LogP contribution in [0.1, 0.15) is 49.1 Å². The second kappa shape index (κ2) is 8.65. The monoisotopic (exact) mass is 412 g/mol. The number of fused-ring (bicyclic) bond motifs is 1. The van der Waals surface area contributed by atoms with Crippen molar-refractivity contribution in [3.05, 3.63) is 59.9 Å². The number of furan rings is 1. The molecule has 0 aliphatic heterocycles. The SMILES string of the molecule is O=C(CCC1CCCC1)Nc1c(C(=O)Nc2ccc(F)c(F)c2)oc2ccccc12. The van der Waals surface area contributed by atoms with Crippen LogP contribution in [0.15, 0.2) is 46.9 Å². The van der Waals surface area contributed by atoms with Crippen LogP contribution in [0.25, 0.3) is 11.0 Å². The zero-order valence-corrected chi connectivity index (χ0v) is 16.3. The molecule has 4 rings (SSSR count). The molecule has 30 heavy (non-hydrogen) atoms. The largest absolute Gasteiger partial charge is 0.449 e. The van der Waals surface area contributed by atoms with Gasteiger partial charge < -0.3 is 15.1 Å². The summed E-state index contributed by atoms with van der Waals surface area (Å²) in [4.78, 5) is 25.3. The van der Waals surface area contributed by atoms with Crippen molar-refractivity contribution >= 4 is 34.2 Å². The summed E-state index contributed by atoms with van der Waals surface area (Å²) in [5.74, 6) is -2.44. The topological polar surface area (TPSA) is 71.3 Å².